The first-order chi connectivity index (χ1) is 17.9. The molecule has 0 radical (unpaired) electrons. The molecule has 204 valence electrons. The van der Waals surface area contributed by atoms with E-state index in [4.69, 9.17) is 30.5 Å². The zero-order chi connectivity index (χ0) is 26.4. The van der Waals surface area contributed by atoms with Gasteiger partial charge in [0, 0.05) is 31.8 Å². The van der Waals surface area contributed by atoms with Crippen LogP contribution in [-0.4, -0.2) is 43.6 Å². The third-order valence-electron chi connectivity index (χ3n) is 5.57. The number of nitrogens with one attached hydrogen (secondary N) is 2. The zero-order valence-electron chi connectivity index (χ0n) is 20.2. The van der Waals surface area contributed by atoms with E-state index in [0.29, 0.717) is 63.4 Å². The van der Waals surface area contributed by atoms with Gasteiger partial charge in [-0.3, -0.25) is 10.1 Å². The minimum atomic E-state index is -0.871. The van der Waals surface area contributed by atoms with Crippen molar-refractivity contribution in [3.8, 4) is 23.0 Å². The van der Waals surface area contributed by atoms with E-state index in [1.807, 2.05) is 12.1 Å². The topological polar surface area (TPSA) is 124 Å². The number of ether oxygens (including phenoxy) is 4. The van der Waals surface area contributed by atoms with Crippen molar-refractivity contribution in [3.05, 3.63) is 79.3 Å². The van der Waals surface area contributed by atoms with Crippen molar-refractivity contribution in [1.29, 1.82) is 0 Å². The number of rotatable bonds is 12. The van der Waals surface area contributed by atoms with Crippen LogP contribution in [0.1, 0.15) is 17.2 Å². The van der Waals surface area contributed by atoms with Crippen LogP contribution in [0, 0.1) is 10.1 Å². The molecule has 1 unspecified atom stereocenters. The highest BCUT2D eigenvalue weighted by atomic mass is 79.9. The first kappa shape index (κ1) is 29.6. The van der Waals surface area contributed by atoms with Crippen LogP contribution < -0.4 is 29.6 Å². The molecule has 0 saturated carbocycles. The van der Waals surface area contributed by atoms with Gasteiger partial charge in [0.05, 0.1) is 27.2 Å². The summed E-state index contributed by atoms with van der Waals surface area (Å²) < 4.78 is 22.8. The van der Waals surface area contributed by atoms with E-state index in [-0.39, 0.29) is 31.5 Å². The van der Waals surface area contributed by atoms with Crippen molar-refractivity contribution in [2.24, 2.45) is 0 Å². The van der Waals surface area contributed by atoms with E-state index in [0.717, 1.165) is 5.56 Å². The molecule has 0 bridgehead atoms. The monoisotopic (exact) mass is 629 g/mol. The number of nitrogens with zero attached hydrogens (tertiary/aromatic N) is 1. The Morgan fingerprint density at radius 3 is 2.68 bits per heavy atom. The number of hydrogen-bond acceptors (Lipinski definition) is 9. The molecule has 0 spiro atoms. The average Bonchev–Trinajstić information content (AvgIpc) is 3.36. The van der Waals surface area contributed by atoms with Gasteiger partial charge in [0.25, 0.3) is 5.69 Å². The third kappa shape index (κ3) is 7.33. The number of nitro groups is 1. The molecule has 3 aromatic rings. The number of benzene rings is 3. The van der Waals surface area contributed by atoms with Crippen LogP contribution in [0.25, 0.3) is 0 Å². The molecule has 13 heteroatoms. The quantitative estimate of drug-likeness (QED) is 0.135. The highest BCUT2D eigenvalue weighted by molar-refractivity contribution is 9.10. The molecule has 0 aromatic heterocycles. The smallest absolute Gasteiger partial charge is 0.271 e. The lowest BCUT2D eigenvalue weighted by Crippen LogP contribution is -2.22. The number of aliphatic hydroxyl groups is 1. The van der Waals surface area contributed by atoms with Crippen LogP contribution in [0.2, 0.25) is 5.02 Å². The second kappa shape index (κ2) is 13.7. The first-order valence-electron chi connectivity index (χ1n) is 11.3. The maximum Gasteiger partial charge on any atom is 0.271 e. The van der Waals surface area contributed by atoms with Crippen LogP contribution in [0.3, 0.4) is 0 Å². The second-order valence-corrected chi connectivity index (χ2v) is 9.33. The summed E-state index contributed by atoms with van der Waals surface area (Å²) in [4.78, 5) is 10.3. The summed E-state index contributed by atoms with van der Waals surface area (Å²) in [5.41, 5.74) is 2.19. The van der Waals surface area contributed by atoms with Crippen molar-refractivity contribution in [2.45, 2.75) is 12.6 Å². The molecule has 38 heavy (non-hydrogen) atoms. The first-order valence-corrected chi connectivity index (χ1v) is 12.5. The largest absolute Gasteiger partial charge is 0.493 e. The normalized spacial score (nSPS) is 12.4. The molecule has 0 saturated heterocycles. The molecule has 3 aromatic carbocycles. The average molecular weight is 631 g/mol. The zero-order valence-corrected chi connectivity index (χ0v) is 23.4. The van der Waals surface area contributed by atoms with Gasteiger partial charge in [-0.05, 0) is 57.4 Å². The number of non-ortho nitro benzene ring substituents is 1. The van der Waals surface area contributed by atoms with E-state index >= 15 is 0 Å². The van der Waals surface area contributed by atoms with Gasteiger partial charge in [-0.2, -0.15) is 0 Å². The molecule has 1 atom stereocenters. The minimum Gasteiger partial charge on any atom is -0.493 e. The Bertz CT molecular complexity index is 1280. The van der Waals surface area contributed by atoms with Crippen LogP contribution in [0.15, 0.2) is 53.0 Å². The van der Waals surface area contributed by atoms with Crippen molar-refractivity contribution in [2.75, 3.05) is 38.9 Å². The van der Waals surface area contributed by atoms with Gasteiger partial charge in [-0.15, -0.1) is 12.4 Å². The van der Waals surface area contributed by atoms with E-state index in [1.54, 1.807) is 31.4 Å². The number of aliphatic hydroxyl groups excluding tert-OH is 1. The van der Waals surface area contributed by atoms with Crippen LogP contribution >= 0.6 is 39.9 Å². The van der Waals surface area contributed by atoms with E-state index < -0.39 is 11.0 Å². The van der Waals surface area contributed by atoms with Crippen molar-refractivity contribution < 1.29 is 29.0 Å². The van der Waals surface area contributed by atoms with Gasteiger partial charge in [0.15, 0.2) is 23.0 Å². The van der Waals surface area contributed by atoms with Crippen LogP contribution in [-0.2, 0) is 6.54 Å². The summed E-state index contributed by atoms with van der Waals surface area (Å²) >= 11 is 9.64. The molecule has 0 amide bonds. The summed E-state index contributed by atoms with van der Waals surface area (Å²) in [5.74, 6) is 2.26. The number of anilines is 1. The fourth-order valence-corrected chi connectivity index (χ4v) is 4.52. The Morgan fingerprint density at radius 2 is 1.95 bits per heavy atom. The van der Waals surface area contributed by atoms with Gasteiger partial charge in [-0.1, -0.05) is 17.7 Å². The summed E-state index contributed by atoms with van der Waals surface area (Å²) in [6, 6.07) is 13.4. The number of fused-ring (bicyclic) bond motifs is 1. The molecule has 10 nitrogen and oxygen atoms in total. The van der Waals surface area contributed by atoms with Gasteiger partial charge in [0.1, 0.15) is 12.7 Å². The van der Waals surface area contributed by atoms with Gasteiger partial charge < -0.3 is 34.7 Å². The molecule has 1 heterocycles. The van der Waals surface area contributed by atoms with Crippen LogP contribution in [0.5, 0.6) is 23.0 Å². The third-order valence-corrected chi connectivity index (χ3v) is 6.47. The van der Waals surface area contributed by atoms with E-state index in [1.165, 1.54) is 12.1 Å². The molecule has 1 aliphatic heterocycles. The SMILES string of the molecule is COc1cc(CNCCNc2ccc([N+](=O)[O-])cc2Cl)cc(Br)c1OCC(O)c1ccc2c(c1)OCO2.Cl. The Kier molecular flexibility index (Phi) is 10.7. The second-order valence-electron chi connectivity index (χ2n) is 8.07. The molecule has 3 N–H and O–H groups in total. The minimum absolute atomic E-state index is 0. The Balaban J connectivity index is 0.00000400. The fraction of sp³-hybridized carbons (Fsp3) is 0.280. The lowest BCUT2D eigenvalue weighted by atomic mass is 10.1. The molecular formula is C25H26BrCl2N3O7. The predicted octanol–water partition coefficient (Wildman–Crippen LogP) is 5.48. The van der Waals surface area contributed by atoms with Gasteiger partial charge in [-0.25, -0.2) is 0 Å². The Labute approximate surface area is 238 Å². The predicted molar refractivity (Wildman–Crippen MR) is 149 cm³/mol. The highest BCUT2D eigenvalue weighted by Gasteiger charge is 2.19. The summed E-state index contributed by atoms with van der Waals surface area (Å²) in [6.07, 6.45) is -0.871. The van der Waals surface area contributed by atoms with E-state index in [9.17, 15) is 15.2 Å². The number of hydrogen-bond donors (Lipinski definition) is 3. The van der Waals surface area contributed by atoms with Crippen molar-refractivity contribution in [3.63, 3.8) is 0 Å². The van der Waals surface area contributed by atoms with Crippen molar-refractivity contribution >= 4 is 51.3 Å². The fourth-order valence-electron chi connectivity index (χ4n) is 3.67. The summed E-state index contributed by atoms with van der Waals surface area (Å²) in [7, 11) is 1.55. The Morgan fingerprint density at radius 1 is 1.16 bits per heavy atom. The maximum absolute atomic E-state index is 10.8. The number of nitro benzene ring substituents is 1. The van der Waals surface area contributed by atoms with Crippen LogP contribution in [0.4, 0.5) is 11.4 Å². The van der Waals surface area contributed by atoms with E-state index in [2.05, 4.69) is 26.6 Å². The molecular weight excluding hydrogens is 605 g/mol. The number of halogens is 3. The summed E-state index contributed by atoms with van der Waals surface area (Å²) in [6.45, 7) is 1.93. The highest BCUT2D eigenvalue weighted by Crippen LogP contribution is 2.38. The lowest BCUT2D eigenvalue weighted by molar-refractivity contribution is -0.384. The Hall–Kier alpha value is -2.96. The summed E-state index contributed by atoms with van der Waals surface area (Å²) in [5, 5.41) is 28.2. The molecule has 0 aliphatic carbocycles. The van der Waals surface area contributed by atoms with Crippen molar-refractivity contribution in [1.82, 2.24) is 5.32 Å². The molecule has 4 rings (SSSR count). The number of methoxy groups -OCH3 is 1. The standard InChI is InChI=1S/C25H25BrClN3O7.ClH/c1-34-24-9-15(12-28-6-7-29-20-4-3-17(30(32)33)11-19(20)27)8-18(26)25(24)35-13-21(31)16-2-5-22-23(10-16)37-14-36-22;/h2-5,8-11,21,28-29,31H,6-7,12-14H2,1H3;1H. The van der Waals surface area contributed by atoms with Gasteiger partial charge in [0.2, 0.25) is 6.79 Å². The molecule has 0 fully saturated rings. The lowest BCUT2D eigenvalue weighted by Gasteiger charge is -2.17. The molecule has 1 aliphatic rings. The maximum atomic E-state index is 10.8. The van der Waals surface area contributed by atoms with Gasteiger partial charge >= 0.3 is 0 Å².